The smallest absolute Gasteiger partial charge is 0.211 e. The van der Waals surface area contributed by atoms with Crippen molar-refractivity contribution >= 4 is 29.0 Å². The molecule has 0 aromatic carbocycles. The Morgan fingerprint density at radius 3 is 2.34 bits per heavy atom. The number of rotatable bonds is 14. The molecule has 1 heterocycles. The second kappa shape index (κ2) is 18.8. The second-order valence-electron chi connectivity index (χ2n) is 10.7. The van der Waals surface area contributed by atoms with Crippen molar-refractivity contribution in [2.24, 2.45) is 10.9 Å². The molecule has 0 unspecified atom stereocenters. The first kappa shape index (κ1) is 30.1. The first-order chi connectivity index (χ1) is 18.7. The van der Waals surface area contributed by atoms with Crippen LogP contribution in [0.4, 0.5) is 5.69 Å². The van der Waals surface area contributed by atoms with Gasteiger partial charge in [0.25, 0.3) is 0 Å². The molecule has 38 heavy (non-hydrogen) atoms. The molecule has 3 rings (SSSR count). The molecule has 8 nitrogen and oxygen atoms in total. The van der Waals surface area contributed by atoms with Gasteiger partial charge in [-0.15, -0.1) is 4.99 Å². The van der Waals surface area contributed by atoms with E-state index in [2.05, 4.69) is 25.9 Å². The van der Waals surface area contributed by atoms with Gasteiger partial charge >= 0.3 is 0 Å². The molecule has 2 saturated carbocycles. The van der Waals surface area contributed by atoms with Gasteiger partial charge in [0.15, 0.2) is 5.11 Å². The Balaban J connectivity index is 1.29. The number of unbranched alkanes of at least 4 members (excludes halogenated alkanes) is 5. The van der Waals surface area contributed by atoms with Crippen molar-refractivity contribution in [1.82, 2.24) is 20.7 Å². The number of aromatic nitrogens is 1. The topological polar surface area (TPSA) is 97.6 Å². The van der Waals surface area contributed by atoms with Crippen molar-refractivity contribution in [3.8, 4) is 6.19 Å². The Morgan fingerprint density at radius 2 is 1.63 bits per heavy atom. The quantitative estimate of drug-likeness (QED) is 0.0632. The minimum Gasteiger partial charge on any atom is -0.358 e. The molecule has 2 aliphatic rings. The number of guanidine groups is 1. The van der Waals surface area contributed by atoms with Crippen molar-refractivity contribution in [2.45, 2.75) is 109 Å². The molecule has 3 N–H and O–H groups in total. The largest absolute Gasteiger partial charge is 0.358 e. The molecule has 0 radical (unpaired) electrons. The number of nitrogens with one attached hydrogen (secondary N) is 3. The van der Waals surface area contributed by atoms with Gasteiger partial charge in [-0.25, -0.2) is 5.06 Å². The van der Waals surface area contributed by atoms with Crippen LogP contribution in [0.5, 0.6) is 0 Å². The zero-order valence-corrected chi connectivity index (χ0v) is 23.8. The highest BCUT2D eigenvalue weighted by molar-refractivity contribution is 7.80. The zero-order chi connectivity index (χ0) is 26.7. The van der Waals surface area contributed by atoms with E-state index in [9.17, 15) is 0 Å². The Morgan fingerprint density at radius 1 is 0.974 bits per heavy atom. The number of thiocarbonyl (C=S) groups is 1. The van der Waals surface area contributed by atoms with Crippen LogP contribution in [0.3, 0.4) is 0 Å². The number of hydrogen-bond donors (Lipinski definition) is 3. The lowest BCUT2D eigenvalue weighted by Gasteiger charge is -2.31. The highest BCUT2D eigenvalue weighted by Gasteiger charge is 2.20. The predicted octanol–water partition coefficient (Wildman–Crippen LogP) is 6.28. The molecular weight excluding hydrogens is 494 g/mol. The predicted molar refractivity (Wildman–Crippen MR) is 158 cm³/mol. The van der Waals surface area contributed by atoms with Gasteiger partial charge in [-0.1, -0.05) is 64.2 Å². The standard InChI is InChI=1S/C29H47N7OS/c30-24-33-28(34-27-17-20-31-21-18-27)32-19-11-3-1-2-4-12-22-36(37-23-25-13-7-5-8-14-25)29(38)35-26-15-9-6-10-16-26/h17-18,20-21,25-26H,1-16,19,22-23H2,(H,35,38)(H2,31,32,33,34). The summed E-state index contributed by atoms with van der Waals surface area (Å²) in [6.45, 7) is 2.44. The maximum absolute atomic E-state index is 8.94. The van der Waals surface area contributed by atoms with E-state index >= 15 is 0 Å². The molecule has 1 aromatic rings. The van der Waals surface area contributed by atoms with Crippen LogP contribution in [-0.2, 0) is 4.84 Å². The molecule has 0 amide bonds. The fraction of sp³-hybridized carbons (Fsp3) is 0.724. The Kier molecular flexibility index (Phi) is 14.9. The molecule has 2 fully saturated rings. The van der Waals surface area contributed by atoms with Crippen LogP contribution in [0, 0.1) is 17.4 Å². The summed E-state index contributed by atoms with van der Waals surface area (Å²) in [4.78, 5) is 14.1. The fourth-order valence-corrected chi connectivity index (χ4v) is 5.61. The summed E-state index contributed by atoms with van der Waals surface area (Å²) in [7, 11) is 0. The van der Waals surface area contributed by atoms with Gasteiger partial charge in [-0.05, 0) is 68.8 Å². The number of anilines is 1. The van der Waals surface area contributed by atoms with E-state index in [0.717, 1.165) is 49.8 Å². The Hall–Kier alpha value is -2.44. The minimum atomic E-state index is 0.477. The maximum Gasteiger partial charge on any atom is 0.211 e. The molecule has 0 aliphatic heterocycles. The summed E-state index contributed by atoms with van der Waals surface area (Å²) >= 11 is 5.80. The number of nitrogens with zero attached hydrogens (tertiary/aromatic N) is 4. The number of aliphatic imine (C=N–C) groups is 1. The summed E-state index contributed by atoms with van der Waals surface area (Å²) < 4.78 is 0. The summed E-state index contributed by atoms with van der Waals surface area (Å²) in [5, 5.41) is 21.7. The van der Waals surface area contributed by atoms with Crippen LogP contribution in [0.15, 0.2) is 29.5 Å². The third kappa shape index (κ3) is 12.4. The average molecular weight is 542 g/mol. The molecule has 0 atom stereocenters. The number of hydroxylamine groups is 2. The first-order valence-electron chi connectivity index (χ1n) is 14.8. The third-order valence-electron chi connectivity index (χ3n) is 7.54. The van der Waals surface area contributed by atoms with Crippen molar-refractivity contribution in [1.29, 1.82) is 5.26 Å². The van der Waals surface area contributed by atoms with Crippen molar-refractivity contribution in [3.63, 3.8) is 0 Å². The SMILES string of the molecule is N#CN=C(NCCCCCCCCN(OCC1CCCCC1)C(=S)NC1CCCCC1)Nc1ccncc1. The monoisotopic (exact) mass is 541 g/mol. The minimum absolute atomic E-state index is 0.477. The lowest BCUT2D eigenvalue weighted by Crippen LogP contribution is -2.46. The summed E-state index contributed by atoms with van der Waals surface area (Å²) in [6.07, 6.45) is 25.1. The molecule has 0 bridgehead atoms. The molecule has 210 valence electrons. The highest BCUT2D eigenvalue weighted by atomic mass is 32.1. The van der Waals surface area contributed by atoms with Crippen molar-refractivity contribution in [2.75, 3.05) is 25.0 Å². The van der Waals surface area contributed by atoms with E-state index in [1.54, 1.807) is 12.4 Å². The van der Waals surface area contributed by atoms with Crippen LogP contribution in [0.25, 0.3) is 0 Å². The third-order valence-corrected chi connectivity index (χ3v) is 7.86. The van der Waals surface area contributed by atoms with Crippen LogP contribution in [-0.4, -0.2) is 46.9 Å². The first-order valence-corrected chi connectivity index (χ1v) is 15.2. The van der Waals surface area contributed by atoms with E-state index in [1.165, 1.54) is 83.5 Å². The number of hydrogen-bond acceptors (Lipinski definition) is 5. The zero-order valence-electron chi connectivity index (χ0n) is 23.0. The van der Waals surface area contributed by atoms with Gasteiger partial charge in [-0.2, -0.15) is 5.26 Å². The van der Waals surface area contributed by atoms with Crippen LogP contribution in [0.1, 0.15) is 103 Å². The molecule has 9 heteroatoms. The van der Waals surface area contributed by atoms with Gasteiger partial charge < -0.3 is 16.0 Å². The summed E-state index contributed by atoms with van der Waals surface area (Å²) in [5.41, 5.74) is 0.853. The Bertz CT molecular complexity index is 848. The lowest BCUT2D eigenvalue weighted by molar-refractivity contribution is -0.118. The van der Waals surface area contributed by atoms with Crippen LogP contribution < -0.4 is 16.0 Å². The lowest BCUT2D eigenvalue weighted by atomic mass is 9.90. The van der Waals surface area contributed by atoms with Gasteiger partial charge in [-0.3, -0.25) is 9.82 Å². The van der Waals surface area contributed by atoms with Gasteiger partial charge in [0, 0.05) is 37.2 Å². The highest BCUT2D eigenvalue weighted by Crippen LogP contribution is 2.24. The molecule has 1 aromatic heterocycles. The van der Waals surface area contributed by atoms with Crippen LogP contribution in [0.2, 0.25) is 0 Å². The molecule has 0 saturated heterocycles. The fourth-order valence-electron chi connectivity index (χ4n) is 5.30. The van der Waals surface area contributed by atoms with E-state index in [-0.39, 0.29) is 0 Å². The molecule has 0 spiro atoms. The van der Waals surface area contributed by atoms with Crippen molar-refractivity contribution in [3.05, 3.63) is 24.5 Å². The van der Waals surface area contributed by atoms with Crippen LogP contribution >= 0.6 is 12.2 Å². The van der Waals surface area contributed by atoms with E-state index in [4.69, 9.17) is 22.3 Å². The Labute approximate surface area is 235 Å². The van der Waals surface area contributed by atoms with Gasteiger partial charge in [0.05, 0.1) is 6.61 Å². The van der Waals surface area contributed by atoms with Gasteiger partial charge in [0.2, 0.25) is 12.2 Å². The number of pyridine rings is 1. The van der Waals surface area contributed by atoms with E-state index < -0.39 is 0 Å². The van der Waals surface area contributed by atoms with Gasteiger partial charge in [0.1, 0.15) is 0 Å². The number of nitriles is 1. The molecule has 2 aliphatic carbocycles. The average Bonchev–Trinajstić information content (AvgIpc) is 2.95. The normalized spacial score (nSPS) is 17.0. The second-order valence-corrected chi connectivity index (χ2v) is 11.0. The summed E-state index contributed by atoms with van der Waals surface area (Å²) in [5.74, 6) is 1.15. The maximum atomic E-state index is 8.94. The van der Waals surface area contributed by atoms with E-state index in [0.29, 0.717) is 17.9 Å². The summed E-state index contributed by atoms with van der Waals surface area (Å²) in [6, 6.07) is 4.19. The van der Waals surface area contributed by atoms with E-state index in [1.807, 2.05) is 23.4 Å². The molecular formula is C29H47N7OS. The van der Waals surface area contributed by atoms with Crippen molar-refractivity contribution < 1.29 is 4.84 Å².